The summed E-state index contributed by atoms with van der Waals surface area (Å²) in [5.41, 5.74) is 7.62. The summed E-state index contributed by atoms with van der Waals surface area (Å²) in [7, 11) is 1.60. The Bertz CT molecular complexity index is 930. The number of amides is 3. The molecule has 3 N–H and O–H groups in total. The van der Waals surface area contributed by atoms with Gasteiger partial charge in [-0.3, -0.25) is 14.4 Å². The zero-order valence-corrected chi connectivity index (χ0v) is 17.1. The molecule has 3 amide bonds. The van der Waals surface area contributed by atoms with E-state index >= 15 is 0 Å². The van der Waals surface area contributed by atoms with E-state index in [1.807, 2.05) is 24.3 Å². The summed E-state index contributed by atoms with van der Waals surface area (Å²) in [5, 5.41) is 2.69. The molecule has 0 saturated heterocycles. The molecule has 0 bridgehead atoms. The van der Waals surface area contributed by atoms with Gasteiger partial charge in [-0.2, -0.15) is 0 Å². The predicted molar refractivity (Wildman–Crippen MR) is 112 cm³/mol. The van der Waals surface area contributed by atoms with E-state index < -0.39 is 11.9 Å². The Labute approximate surface area is 173 Å². The second-order valence-corrected chi connectivity index (χ2v) is 7.78. The van der Waals surface area contributed by atoms with Gasteiger partial charge in [0.15, 0.2) is 0 Å². The Balaban J connectivity index is 1.86. The summed E-state index contributed by atoms with van der Waals surface area (Å²) in [6, 6.07) is 12.0. The van der Waals surface area contributed by atoms with Gasteiger partial charge in [-0.15, -0.1) is 11.8 Å². The molecule has 152 valence electrons. The fourth-order valence-corrected chi connectivity index (χ4v) is 4.34. The summed E-state index contributed by atoms with van der Waals surface area (Å²) in [5.74, 6) is 0.122. The quantitative estimate of drug-likeness (QED) is 0.757. The van der Waals surface area contributed by atoms with Crippen LogP contribution in [0.4, 0.5) is 5.69 Å². The van der Waals surface area contributed by atoms with Gasteiger partial charge in [0, 0.05) is 29.8 Å². The first-order valence-electron chi connectivity index (χ1n) is 9.16. The number of methoxy groups -OCH3 is 1. The second-order valence-electron chi connectivity index (χ2n) is 6.72. The molecule has 1 aliphatic heterocycles. The summed E-state index contributed by atoms with van der Waals surface area (Å²) in [6.07, 6.45) is 0.574. The van der Waals surface area contributed by atoms with Crippen molar-refractivity contribution in [3.8, 4) is 5.75 Å². The van der Waals surface area contributed by atoms with Crippen molar-refractivity contribution in [1.29, 1.82) is 0 Å². The normalized spacial score (nSPS) is 16.0. The number of anilines is 1. The molecule has 0 saturated carbocycles. The average molecular weight is 413 g/mol. The number of nitrogens with one attached hydrogen (secondary N) is 1. The first-order chi connectivity index (χ1) is 13.9. The minimum Gasteiger partial charge on any atom is -0.497 e. The number of nitrogens with two attached hydrogens (primary N) is 1. The van der Waals surface area contributed by atoms with Crippen molar-refractivity contribution in [2.75, 3.05) is 24.7 Å². The molecule has 7 nitrogen and oxygen atoms in total. The Morgan fingerprint density at radius 2 is 1.97 bits per heavy atom. The van der Waals surface area contributed by atoms with Gasteiger partial charge in [-0.1, -0.05) is 12.1 Å². The van der Waals surface area contributed by atoms with Gasteiger partial charge in [-0.05, 0) is 42.3 Å². The highest BCUT2D eigenvalue weighted by atomic mass is 32.2. The van der Waals surface area contributed by atoms with Crippen LogP contribution < -0.4 is 15.8 Å². The lowest BCUT2D eigenvalue weighted by molar-refractivity contribution is -0.121. The molecular formula is C21H23N3O4S. The molecule has 1 heterocycles. The second kappa shape index (κ2) is 9.00. The van der Waals surface area contributed by atoms with E-state index in [9.17, 15) is 14.4 Å². The molecule has 0 aromatic heterocycles. The summed E-state index contributed by atoms with van der Waals surface area (Å²) in [4.78, 5) is 39.0. The summed E-state index contributed by atoms with van der Waals surface area (Å²) >= 11 is 1.42. The van der Waals surface area contributed by atoms with Crippen molar-refractivity contribution in [2.24, 2.45) is 5.73 Å². The Kier molecular flexibility index (Phi) is 6.43. The van der Waals surface area contributed by atoms with Crippen molar-refractivity contribution >= 4 is 35.2 Å². The molecule has 0 fully saturated rings. The number of ether oxygens (including phenoxy) is 1. The maximum atomic E-state index is 13.3. The van der Waals surface area contributed by atoms with Crippen LogP contribution in [0, 0.1) is 0 Å². The molecule has 1 atom stereocenters. The number of primary amides is 1. The number of thioether (sulfide) groups is 1. The molecule has 8 heteroatoms. The number of rotatable bonds is 6. The first-order valence-corrected chi connectivity index (χ1v) is 10.1. The van der Waals surface area contributed by atoms with Crippen molar-refractivity contribution in [3.05, 3.63) is 53.6 Å². The number of nitrogens with zero attached hydrogens (tertiary/aromatic N) is 1. The minimum atomic E-state index is -0.706. The lowest BCUT2D eigenvalue weighted by atomic mass is 10.1. The topological polar surface area (TPSA) is 102 Å². The van der Waals surface area contributed by atoms with Crippen LogP contribution in [-0.4, -0.2) is 48.1 Å². The largest absolute Gasteiger partial charge is 0.497 e. The van der Waals surface area contributed by atoms with Gasteiger partial charge < -0.3 is 20.7 Å². The minimum absolute atomic E-state index is 0.218. The fraction of sp³-hybridized carbons (Fsp3) is 0.286. The molecule has 0 radical (unpaired) electrons. The Morgan fingerprint density at radius 1 is 1.24 bits per heavy atom. The van der Waals surface area contributed by atoms with Crippen LogP contribution in [0.1, 0.15) is 22.8 Å². The fourth-order valence-electron chi connectivity index (χ4n) is 3.19. The number of carbonyl (C=O) groups excluding carboxylic acids is 3. The molecule has 29 heavy (non-hydrogen) atoms. The maximum absolute atomic E-state index is 13.3. The van der Waals surface area contributed by atoms with E-state index in [1.54, 1.807) is 25.3 Å². The van der Waals surface area contributed by atoms with E-state index in [-0.39, 0.29) is 11.8 Å². The molecule has 0 aliphatic carbocycles. The summed E-state index contributed by atoms with van der Waals surface area (Å²) in [6.45, 7) is 1.76. The van der Waals surface area contributed by atoms with Crippen molar-refractivity contribution in [3.63, 3.8) is 0 Å². The third-order valence-corrected chi connectivity index (χ3v) is 5.84. The maximum Gasteiger partial charge on any atom is 0.255 e. The third-order valence-electron chi connectivity index (χ3n) is 4.69. The molecule has 1 aliphatic rings. The number of carbonyl (C=O) groups is 3. The predicted octanol–water partition coefficient (Wildman–Crippen LogP) is 2.30. The van der Waals surface area contributed by atoms with E-state index in [0.29, 0.717) is 30.0 Å². The SMILES string of the molecule is COc1ccc(CCN2C(=O)c3cc(NC(C)=O)ccc3SCC2C(N)=O)cc1. The van der Waals surface area contributed by atoms with Crippen LogP contribution in [0.2, 0.25) is 0 Å². The van der Waals surface area contributed by atoms with Gasteiger partial charge in [0.2, 0.25) is 11.8 Å². The molecule has 3 rings (SSSR count). The average Bonchev–Trinajstić information content (AvgIpc) is 2.83. The van der Waals surface area contributed by atoms with Crippen molar-refractivity contribution < 1.29 is 19.1 Å². The molecule has 0 spiro atoms. The van der Waals surface area contributed by atoms with Crippen LogP contribution in [0.3, 0.4) is 0 Å². The van der Waals surface area contributed by atoms with Crippen LogP contribution in [0.15, 0.2) is 47.4 Å². The van der Waals surface area contributed by atoms with Gasteiger partial charge in [-0.25, -0.2) is 0 Å². The molecule has 1 unspecified atom stereocenters. The number of benzene rings is 2. The Hall–Kier alpha value is -3.00. The van der Waals surface area contributed by atoms with Crippen LogP contribution in [0.25, 0.3) is 0 Å². The van der Waals surface area contributed by atoms with E-state index in [1.165, 1.54) is 23.6 Å². The van der Waals surface area contributed by atoms with Gasteiger partial charge in [0.1, 0.15) is 11.8 Å². The van der Waals surface area contributed by atoms with Gasteiger partial charge in [0.05, 0.1) is 12.7 Å². The van der Waals surface area contributed by atoms with Crippen LogP contribution in [0.5, 0.6) is 5.75 Å². The Morgan fingerprint density at radius 3 is 2.59 bits per heavy atom. The first kappa shape index (κ1) is 20.7. The van der Waals surface area contributed by atoms with Crippen molar-refractivity contribution in [1.82, 2.24) is 4.90 Å². The number of hydrogen-bond acceptors (Lipinski definition) is 5. The lowest BCUT2D eigenvalue weighted by Crippen LogP contribution is -2.49. The van der Waals surface area contributed by atoms with Gasteiger partial charge >= 0.3 is 0 Å². The lowest BCUT2D eigenvalue weighted by Gasteiger charge is -2.27. The standard InChI is InChI=1S/C21H23N3O4S/c1-13(25)23-15-5-8-19-17(11-15)21(27)24(18(12-29-19)20(22)26)10-9-14-3-6-16(28-2)7-4-14/h3-8,11,18H,9-10,12H2,1-2H3,(H2,22,26)(H,23,25). The monoisotopic (exact) mass is 413 g/mol. The number of fused-ring (bicyclic) bond motifs is 1. The third kappa shape index (κ3) is 4.89. The summed E-state index contributed by atoms with van der Waals surface area (Å²) < 4.78 is 5.17. The van der Waals surface area contributed by atoms with Crippen molar-refractivity contribution in [2.45, 2.75) is 24.3 Å². The number of hydrogen-bond donors (Lipinski definition) is 2. The highest BCUT2D eigenvalue weighted by Crippen LogP contribution is 2.32. The molecular weight excluding hydrogens is 390 g/mol. The zero-order chi connectivity index (χ0) is 21.0. The van der Waals surface area contributed by atoms with E-state index in [2.05, 4.69) is 5.32 Å². The zero-order valence-electron chi connectivity index (χ0n) is 16.3. The highest BCUT2D eigenvalue weighted by Gasteiger charge is 2.33. The smallest absolute Gasteiger partial charge is 0.255 e. The van der Waals surface area contributed by atoms with Crippen LogP contribution >= 0.6 is 11.8 Å². The highest BCUT2D eigenvalue weighted by molar-refractivity contribution is 7.99. The molecule has 2 aromatic carbocycles. The van der Waals surface area contributed by atoms with Crippen LogP contribution in [-0.2, 0) is 16.0 Å². The van der Waals surface area contributed by atoms with Gasteiger partial charge in [0.25, 0.3) is 5.91 Å². The van der Waals surface area contributed by atoms with E-state index in [4.69, 9.17) is 10.5 Å². The van der Waals surface area contributed by atoms with E-state index in [0.717, 1.165) is 16.2 Å². The molecule has 2 aromatic rings.